The molecule has 0 bridgehead atoms. The lowest BCUT2D eigenvalue weighted by Crippen LogP contribution is -3.15. The van der Waals surface area contributed by atoms with E-state index in [1.165, 1.54) is 16.2 Å². The first-order valence-electron chi connectivity index (χ1n) is 8.48. The van der Waals surface area contributed by atoms with E-state index in [4.69, 9.17) is 0 Å². The Bertz CT molecular complexity index is 638. The van der Waals surface area contributed by atoms with Gasteiger partial charge in [0.2, 0.25) is 0 Å². The van der Waals surface area contributed by atoms with E-state index in [0.29, 0.717) is 0 Å². The second-order valence-corrected chi connectivity index (χ2v) is 6.33. The standard InChI is InChI=1S/C20H27N3O/c1-5-23(15-17-11-13-19(14-12-17)22(3)4)16(2)20(24)21-18-9-7-6-8-10-18/h6-14,16H,5,15H2,1-4H3,(H,21,24)/p+1/t16-/m0/s1. The molecule has 0 radical (unpaired) electrons. The smallest absolute Gasteiger partial charge is 0.282 e. The Labute approximate surface area is 145 Å². The van der Waals surface area contributed by atoms with Gasteiger partial charge >= 0.3 is 0 Å². The number of likely N-dealkylation sites (N-methyl/N-ethyl adjacent to an activating group) is 1. The average molecular weight is 326 g/mol. The number of hydrogen-bond donors (Lipinski definition) is 2. The van der Waals surface area contributed by atoms with Gasteiger partial charge in [-0.2, -0.15) is 0 Å². The Balaban J connectivity index is 2.00. The van der Waals surface area contributed by atoms with Crippen molar-refractivity contribution >= 4 is 17.3 Å². The fourth-order valence-corrected chi connectivity index (χ4v) is 2.72. The van der Waals surface area contributed by atoms with Crippen molar-refractivity contribution in [1.29, 1.82) is 0 Å². The molecular formula is C20H28N3O+. The van der Waals surface area contributed by atoms with Crippen LogP contribution in [0.25, 0.3) is 0 Å². The second-order valence-electron chi connectivity index (χ2n) is 6.33. The van der Waals surface area contributed by atoms with Crippen LogP contribution in [0.4, 0.5) is 11.4 Å². The van der Waals surface area contributed by atoms with Gasteiger partial charge in [-0.3, -0.25) is 4.79 Å². The molecule has 2 aromatic rings. The number of rotatable bonds is 7. The minimum atomic E-state index is -0.108. The molecule has 0 saturated carbocycles. The highest BCUT2D eigenvalue weighted by atomic mass is 16.2. The summed E-state index contributed by atoms with van der Waals surface area (Å²) in [5.41, 5.74) is 3.28. The number of benzene rings is 2. The molecule has 1 unspecified atom stereocenters. The first-order chi connectivity index (χ1) is 11.5. The van der Waals surface area contributed by atoms with Gasteiger partial charge in [-0.1, -0.05) is 30.3 Å². The molecule has 24 heavy (non-hydrogen) atoms. The van der Waals surface area contributed by atoms with Gasteiger partial charge in [0.15, 0.2) is 6.04 Å². The summed E-state index contributed by atoms with van der Waals surface area (Å²) in [6.07, 6.45) is 0. The van der Waals surface area contributed by atoms with E-state index in [1.807, 2.05) is 51.4 Å². The highest BCUT2D eigenvalue weighted by Gasteiger charge is 2.24. The molecule has 0 aliphatic heterocycles. The second kappa shape index (κ2) is 8.50. The number of carbonyl (C=O) groups is 1. The molecule has 4 nitrogen and oxygen atoms in total. The molecule has 0 aliphatic carbocycles. The van der Waals surface area contributed by atoms with Crippen LogP contribution in [0.2, 0.25) is 0 Å². The van der Waals surface area contributed by atoms with Crippen molar-refractivity contribution < 1.29 is 9.69 Å². The highest BCUT2D eigenvalue weighted by Crippen LogP contribution is 2.11. The Kier molecular flexibility index (Phi) is 6.38. The van der Waals surface area contributed by atoms with Crippen molar-refractivity contribution in [2.75, 3.05) is 30.9 Å². The summed E-state index contributed by atoms with van der Waals surface area (Å²) in [4.78, 5) is 15.8. The molecule has 0 aliphatic rings. The summed E-state index contributed by atoms with van der Waals surface area (Å²) in [6.45, 7) is 5.85. The van der Waals surface area contributed by atoms with Crippen LogP contribution in [0.3, 0.4) is 0 Å². The van der Waals surface area contributed by atoms with Gasteiger partial charge in [0.05, 0.1) is 6.54 Å². The van der Waals surface area contributed by atoms with Crippen molar-refractivity contribution in [2.24, 2.45) is 0 Å². The predicted molar refractivity (Wildman–Crippen MR) is 101 cm³/mol. The van der Waals surface area contributed by atoms with E-state index >= 15 is 0 Å². The number of para-hydroxylation sites is 1. The Morgan fingerprint density at radius 2 is 1.71 bits per heavy atom. The molecule has 0 spiro atoms. The maximum absolute atomic E-state index is 12.5. The van der Waals surface area contributed by atoms with Crippen LogP contribution < -0.4 is 15.1 Å². The van der Waals surface area contributed by atoms with Crippen molar-refractivity contribution in [3.8, 4) is 0 Å². The lowest BCUT2D eigenvalue weighted by molar-refractivity contribution is -0.925. The lowest BCUT2D eigenvalue weighted by atomic mass is 10.1. The van der Waals surface area contributed by atoms with Gasteiger partial charge in [-0.15, -0.1) is 0 Å². The maximum atomic E-state index is 12.5. The van der Waals surface area contributed by atoms with Crippen molar-refractivity contribution in [3.05, 3.63) is 60.2 Å². The first kappa shape index (κ1) is 18.0. The van der Waals surface area contributed by atoms with E-state index in [2.05, 4.69) is 41.4 Å². The predicted octanol–water partition coefficient (Wildman–Crippen LogP) is 2.18. The molecular weight excluding hydrogens is 298 g/mol. The van der Waals surface area contributed by atoms with Gasteiger partial charge < -0.3 is 15.1 Å². The molecule has 0 fully saturated rings. The summed E-state index contributed by atoms with van der Waals surface area (Å²) < 4.78 is 0. The van der Waals surface area contributed by atoms with Crippen LogP contribution in [-0.2, 0) is 11.3 Å². The number of nitrogens with one attached hydrogen (secondary N) is 2. The summed E-state index contributed by atoms with van der Waals surface area (Å²) in [7, 11) is 4.07. The van der Waals surface area contributed by atoms with Crippen LogP contribution >= 0.6 is 0 Å². The van der Waals surface area contributed by atoms with Crippen LogP contribution in [0.15, 0.2) is 54.6 Å². The topological polar surface area (TPSA) is 36.8 Å². The molecule has 4 heteroatoms. The zero-order valence-corrected chi connectivity index (χ0v) is 15.0. The van der Waals surface area contributed by atoms with E-state index in [9.17, 15) is 4.79 Å². The molecule has 0 heterocycles. The van der Waals surface area contributed by atoms with Gasteiger partial charge in [0.25, 0.3) is 5.91 Å². The monoisotopic (exact) mass is 326 g/mol. The largest absolute Gasteiger partial charge is 0.378 e. The number of carbonyl (C=O) groups excluding carboxylic acids is 1. The SMILES string of the molecule is CC[NH+](Cc1ccc(N(C)C)cc1)[C@@H](C)C(=O)Nc1ccccc1. The molecule has 2 aromatic carbocycles. The number of nitrogens with zero attached hydrogens (tertiary/aromatic N) is 1. The van der Waals surface area contributed by atoms with Gasteiger partial charge in [0, 0.05) is 31.0 Å². The third kappa shape index (κ3) is 4.83. The zero-order chi connectivity index (χ0) is 17.5. The Morgan fingerprint density at radius 3 is 2.25 bits per heavy atom. The molecule has 2 rings (SSSR count). The summed E-state index contributed by atoms with van der Waals surface area (Å²) >= 11 is 0. The summed E-state index contributed by atoms with van der Waals surface area (Å²) in [5, 5.41) is 3.00. The quantitative estimate of drug-likeness (QED) is 0.818. The molecule has 1 amide bonds. The first-order valence-corrected chi connectivity index (χ1v) is 8.48. The number of amides is 1. The Hall–Kier alpha value is -2.33. The maximum Gasteiger partial charge on any atom is 0.282 e. The average Bonchev–Trinajstić information content (AvgIpc) is 2.60. The van der Waals surface area contributed by atoms with Gasteiger partial charge in [0.1, 0.15) is 6.54 Å². The number of anilines is 2. The van der Waals surface area contributed by atoms with Crippen LogP contribution in [0.1, 0.15) is 19.4 Å². The fraction of sp³-hybridized carbons (Fsp3) is 0.350. The number of quaternary nitrogens is 1. The molecule has 2 N–H and O–H groups in total. The zero-order valence-electron chi connectivity index (χ0n) is 15.0. The van der Waals surface area contributed by atoms with Crippen LogP contribution in [0.5, 0.6) is 0 Å². The molecule has 2 atom stereocenters. The third-order valence-corrected chi connectivity index (χ3v) is 4.39. The van der Waals surface area contributed by atoms with E-state index < -0.39 is 0 Å². The fourth-order valence-electron chi connectivity index (χ4n) is 2.72. The van der Waals surface area contributed by atoms with Crippen molar-refractivity contribution in [2.45, 2.75) is 26.4 Å². The van der Waals surface area contributed by atoms with Gasteiger partial charge in [-0.05, 0) is 38.1 Å². The Morgan fingerprint density at radius 1 is 1.08 bits per heavy atom. The van der Waals surface area contributed by atoms with Crippen LogP contribution in [0, 0.1) is 0 Å². The van der Waals surface area contributed by atoms with E-state index in [-0.39, 0.29) is 11.9 Å². The van der Waals surface area contributed by atoms with Gasteiger partial charge in [-0.25, -0.2) is 0 Å². The van der Waals surface area contributed by atoms with Crippen molar-refractivity contribution in [3.63, 3.8) is 0 Å². The van der Waals surface area contributed by atoms with Crippen molar-refractivity contribution in [1.82, 2.24) is 0 Å². The normalized spacial score (nSPS) is 13.2. The highest BCUT2D eigenvalue weighted by molar-refractivity contribution is 5.93. The molecule has 0 saturated heterocycles. The lowest BCUT2D eigenvalue weighted by Gasteiger charge is -2.24. The number of hydrogen-bond acceptors (Lipinski definition) is 2. The van der Waals surface area contributed by atoms with Crippen LogP contribution in [-0.4, -0.2) is 32.6 Å². The summed E-state index contributed by atoms with van der Waals surface area (Å²) in [6, 6.07) is 18.1. The van der Waals surface area contributed by atoms with E-state index in [1.54, 1.807) is 0 Å². The molecule has 0 aromatic heterocycles. The third-order valence-electron chi connectivity index (χ3n) is 4.39. The summed E-state index contributed by atoms with van der Waals surface area (Å²) in [5.74, 6) is 0.0583. The minimum absolute atomic E-state index is 0.0583. The minimum Gasteiger partial charge on any atom is -0.378 e. The molecule has 128 valence electrons. The van der Waals surface area contributed by atoms with E-state index in [0.717, 1.165) is 18.8 Å².